The van der Waals surface area contributed by atoms with Crippen molar-refractivity contribution in [2.75, 3.05) is 0 Å². The van der Waals surface area contributed by atoms with E-state index in [1.807, 2.05) is 13.8 Å². The zero-order valence-corrected chi connectivity index (χ0v) is 13.6. The number of carboxylic acids is 1. The van der Waals surface area contributed by atoms with Crippen LogP contribution in [0.25, 0.3) is 11.3 Å². The average Bonchev–Trinajstić information content (AvgIpc) is 3.04. The quantitative estimate of drug-likeness (QED) is 0.726. The van der Waals surface area contributed by atoms with Crippen LogP contribution in [0.2, 0.25) is 0 Å². The molecule has 0 atom stereocenters. The van der Waals surface area contributed by atoms with Gasteiger partial charge >= 0.3 is 5.97 Å². The highest BCUT2D eigenvalue weighted by Gasteiger charge is 2.31. The predicted octanol–water partition coefficient (Wildman–Crippen LogP) is 2.98. The normalized spacial score (nSPS) is 11.3. The van der Waals surface area contributed by atoms with E-state index in [0.29, 0.717) is 24.1 Å². The van der Waals surface area contributed by atoms with Gasteiger partial charge in [-0.05, 0) is 43.2 Å². The van der Waals surface area contributed by atoms with Crippen LogP contribution in [0.1, 0.15) is 43.6 Å². The molecule has 128 valence electrons. The average molecular weight is 333 g/mol. The van der Waals surface area contributed by atoms with E-state index < -0.39 is 17.4 Å². The van der Waals surface area contributed by atoms with Crippen LogP contribution in [0.4, 0.5) is 4.39 Å². The molecule has 6 nitrogen and oxygen atoms in total. The number of aromatic nitrogens is 2. The summed E-state index contributed by atoms with van der Waals surface area (Å²) in [5.41, 5.74) is 0.613. The van der Waals surface area contributed by atoms with Crippen molar-refractivity contribution in [2.45, 2.75) is 38.6 Å². The zero-order valence-electron chi connectivity index (χ0n) is 13.6. The first-order valence-electron chi connectivity index (χ1n) is 7.75. The van der Waals surface area contributed by atoms with Crippen LogP contribution in [0, 0.1) is 5.82 Å². The van der Waals surface area contributed by atoms with Crippen LogP contribution in [0.15, 0.2) is 30.3 Å². The van der Waals surface area contributed by atoms with Gasteiger partial charge in [0.05, 0.1) is 17.7 Å². The summed E-state index contributed by atoms with van der Waals surface area (Å²) < 4.78 is 13.0. The maximum absolute atomic E-state index is 13.0. The fourth-order valence-electron chi connectivity index (χ4n) is 2.53. The lowest BCUT2D eigenvalue weighted by atomic mass is 9.89. The van der Waals surface area contributed by atoms with Crippen molar-refractivity contribution < 1.29 is 19.1 Å². The summed E-state index contributed by atoms with van der Waals surface area (Å²) in [5.74, 6) is -1.73. The van der Waals surface area contributed by atoms with Crippen LogP contribution in [-0.4, -0.2) is 32.7 Å². The number of nitrogens with zero attached hydrogens (tertiary/aromatic N) is 1. The number of carboxylic acid groups (broad SMARTS) is 1. The van der Waals surface area contributed by atoms with E-state index in [1.54, 1.807) is 18.2 Å². The molecule has 0 unspecified atom stereocenters. The van der Waals surface area contributed by atoms with Crippen molar-refractivity contribution in [1.29, 1.82) is 0 Å². The van der Waals surface area contributed by atoms with E-state index in [-0.39, 0.29) is 17.9 Å². The Morgan fingerprint density at radius 2 is 1.88 bits per heavy atom. The standard InChI is InChI=1S/C17H20FN3O3/c1-3-17(4-2,10-15(22)23)19-16(24)14-9-13(20-21-14)11-5-7-12(18)8-6-11/h5-9H,3-4,10H2,1-2H3,(H,19,24)(H,20,21)(H,22,23). The molecular formula is C17H20FN3O3. The number of aliphatic carboxylic acids is 1. The SMILES string of the molecule is CCC(CC)(CC(=O)O)NC(=O)c1cc(-c2ccc(F)cc2)n[nH]1. The number of hydrogen-bond donors (Lipinski definition) is 3. The molecule has 2 rings (SSSR count). The van der Waals surface area contributed by atoms with Crippen molar-refractivity contribution in [3.8, 4) is 11.3 Å². The Balaban J connectivity index is 2.18. The van der Waals surface area contributed by atoms with Crippen LogP contribution < -0.4 is 5.32 Å². The second kappa shape index (κ2) is 7.25. The lowest BCUT2D eigenvalue weighted by Gasteiger charge is -2.31. The molecule has 0 saturated heterocycles. The Bertz CT molecular complexity index is 721. The van der Waals surface area contributed by atoms with Gasteiger partial charge in [0, 0.05) is 5.56 Å². The summed E-state index contributed by atoms with van der Waals surface area (Å²) in [6.45, 7) is 3.67. The number of carbonyl (C=O) groups excluding carboxylic acids is 1. The number of halogens is 1. The Labute approximate surface area is 139 Å². The lowest BCUT2D eigenvalue weighted by molar-refractivity contribution is -0.138. The van der Waals surface area contributed by atoms with Crippen molar-refractivity contribution >= 4 is 11.9 Å². The first-order chi connectivity index (χ1) is 11.4. The van der Waals surface area contributed by atoms with Gasteiger partial charge in [0.1, 0.15) is 11.5 Å². The summed E-state index contributed by atoms with van der Waals surface area (Å²) in [4.78, 5) is 23.5. The molecule has 7 heteroatoms. The third-order valence-electron chi connectivity index (χ3n) is 4.18. The Morgan fingerprint density at radius 3 is 2.42 bits per heavy atom. The highest BCUT2D eigenvalue weighted by molar-refractivity contribution is 5.94. The maximum atomic E-state index is 13.0. The number of carbonyl (C=O) groups is 2. The van der Waals surface area contributed by atoms with Crippen molar-refractivity contribution in [2.24, 2.45) is 0 Å². The third-order valence-corrected chi connectivity index (χ3v) is 4.18. The van der Waals surface area contributed by atoms with Gasteiger partial charge in [-0.3, -0.25) is 14.7 Å². The number of hydrogen-bond acceptors (Lipinski definition) is 3. The molecule has 2 aromatic rings. The maximum Gasteiger partial charge on any atom is 0.305 e. The van der Waals surface area contributed by atoms with E-state index in [0.717, 1.165) is 0 Å². The van der Waals surface area contributed by atoms with Crippen LogP contribution in [0.3, 0.4) is 0 Å². The molecule has 1 heterocycles. The first kappa shape index (κ1) is 17.7. The third kappa shape index (κ3) is 3.98. The van der Waals surface area contributed by atoms with Gasteiger partial charge in [-0.2, -0.15) is 5.10 Å². The Kier molecular flexibility index (Phi) is 5.33. The molecule has 0 radical (unpaired) electrons. The molecule has 0 aliphatic rings. The number of rotatable bonds is 7. The molecule has 3 N–H and O–H groups in total. The van der Waals surface area contributed by atoms with Crippen molar-refractivity contribution in [3.63, 3.8) is 0 Å². The van der Waals surface area contributed by atoms with Gasteiger partial charge in [0.15, 0.2) is 0 Å². The predicted molar refractivity (Wildman–Crippen MR) is 87.0 cm³/mol. The first-order valence-corrected chi connectivity index (χ1v) is 7.75. The molecule has 0 aliphatic heterocycles. The van der Waals surface area contributed by atoms with Crippen molar-refractivity contribution in [3.05, 3.63) is 41.8 Å². The van der Waals surface area contributed by atoms with Crippen molar-refractivity contribution in [1.82, 2.24) is 15.5 Å². The number of amides is 1. The molecule has 0 aliphatic carbocycles. The van der Waals surface area contributed by atoms with Gasteiger partial charge in [0.2, 0.25) is 0 Å². The monoisotopic (exact) mass is 333 g/mol. The van der Waals surface area contributed by atoms with Crippen LogP contribution in [0.5, 0.6) is 0 Å². The van der Waals surface area contributed by atoms with E-state index in [1.165, 1.54) is 12.1 Å². The molecular weight excluding hydrogens is 313 g/mol. The number of aromatic amines is 1. The van der Waals surface area contributed by atoms with E-state index in [2.05, 4.69) is 15.5 Å². The fraction of sp³-hybridized carbons (Fsp3) is 0.353. The second-order valence-corrected chi connectivity index (χ2v) is 5.69. The van der Waals surface area contributed by atoms with Gasteiger partial charge in [-0.1, -0.05) is 13.8 Å². The molecule has 1 amide bonds. The summed E-state index contributed by atoms with van der Waals surface area (Å²) >= 11 is 0. The van der Waals surface area contributed by atoms with E-state index in [9.17, 15) is 14.0 Å². The van der Waals surface area contributed by atoms with Crippen LogP contribution >= 0.6 is 0 Å². The minimum absolute atomic E-state index is 0.148. The molecule has 0 bridgehead atoms. The largest absolute Gasteiger partial charge is 0.481 e. The van der Waals surface area contributed by atoms with Gasteiger partial charge < -0.3 is 10.4 Å². The van der Waals surface area contributed by atoms with Crippen LogP contribution in [-0.2, 0) is 4.79 Å². The number of benzene rings is 1. The minimum atomic E-state index is -0.962. The lowest BCUT2D eigenvalue weighted by Crippen LogP contribution is -2.49. The fourth-order valence-corrected chi connectivity index (χ4v) is 2.53. The summed E-state index contributed by atoms with van der Waals surface area (Å²) in [5, 5.41) is 18.6. The molecule has 0 fully saturated rings. The molecule has 1 aromatic carbocycles. The zero-order chi connectivity index (χ0) is 17.7. The highest BCUT2D eigenvalue weighted by Crippen LogP contribution is 2.22. The van der Waals surface area contributed by atoms with E-state index in [4.69, 9.17) is 5.11 Å². The molecule has 0 spiro atoms. The number of nitrogens with one attached hydrogen (secondary N) is 2. The second-order valence-electron chi connectivity index (χ2n) is 5.69. The summed E-state index contributed by atoms with van der Waals surface area (Å²) in [6, 6.07) is 7.32. The highest BCUT2D eigenvalue weighted by atomic mass is 19.1. The molecule has 0 saturated carbocycles. The smallest absolute Gasteiger partial charge is 0.305 e. The summed E-state index contributed by atoms with van der Waals surface area (Å²) in [7, 11) is 0. The number of H-pyrrole nitrogens is 1. The van der Waals surface area contributed by atoms with Gasteiger partial charge in [-0.15, -0.1) is 0 Å². The minimum Gasteiger partial charge on any atom is -0.481 e. The Hall–Kier alpha value is -2.70. The van der Waals surface area contributed by atoms with Gasteiger partial charge in [-0.25, -0.2) is 4.39 Å². The van der Waals surface area contributed by atoms with E-state index >= 15 is 0 Å². The topological polar surface area (TPSA) is 95.1 Å². The molecule has 24 heavy (non-hydrogen) atoms. The molecule has 1 aromatic heterocycles. The Morgan fingerprint density at radius 1 is 1.25 bits per heavy atom. The summed E-state index contributed by atoms with van der Waals surface area (Å²) in [6.07, 6.45) is 0.853. The van der Waals surface area contributed by atoms with Gasteiger partial charge in [0.25, 0.3) is 5.91 Å².